The molecule has 3 rings (SSSR count). The van der Waals surface area contributed by atoms with E-state index in [9.17, 15) is 0 Å². The lowest BCUT2D eigenvalue weighted by Crippen LogP contribution is -2.02. The highest BCUT2D eigenvalue weighted by atomic mass is 15.1. The number of hydrogen-bond donors (Lipinski definition) is 1. The maximum absolute atomic E-state index is 4.63. The Kier molecular flexibility index (Phi) is 3.22. The third kappa shape index (κ3) is 2.50. The van der Waals surface area contributed by atoms with Crippen LogP contribution in [0.1, 0.15) is 37.3 Å². The Hall–Kier alpha value is -1.90. The fourth-order valence-corrected chi connectivity index (χ4v) is 2.53. The topological polar surface area (TPSA) is 37.8 Å². The first kappa shape index (κ1) is 11.2. The van der Waals surface area contributed by atoms with Gasteiger partial charge in [0.25, 0.3) is 0 Å². The van der Waals surface area contributed by atoms with Crippen LogP contribution in [0.3, 0.4) is 0 Å². The van der Waals surface area contributed by atoms with Gasteiger partial charge < -0.3 is 5.32 Å². The average molecular weight is 239 g/mol. The molecule has 0 aliphatic heterocycles. The molecule has 0 radical (unpaired) electrons. The average Bonchev–Trinajstić information content (AvgIpc) is 2.94. The summed E-state index contributed by atoms with van der Waals surface area (Å²) in [7, 11) is 0. The van der Waals surface area contributed by atoms with Crippen molar-refractivity contribution in [2.24, 2.45) is 0 Å². The second kappa shape index (κ2) is 5.17. The summed E-state index contributed by atoms with van der Waals surface area (Å²) >= 11 is 0. The van der Waals surface area contributed by atoms with Crippen molar-refractivity contribution in [3.63, 3.8) is 0 Å². The predicted octanol–water partition coefficient (Wildman–Crippen LogP) is 3.88. The zero-order chi connectivity index (χ0) is 12.2. The molecule has 3 nitrogen and oxygen atoms in total. The number of anilines is 2. The normalized spacial score (nSPS) is 15.8. The van der Waals surface area contributed by atoms with E-state index in [0.29, 0.717) is 11.9 Å². The van der Waals surface area contributed by atoms with Crippen molar-refractivity contribution in [1.29, 1.82) is 0 Å². The Bertz CT molecular complexity index is 504. The van der Waals surface area contributed by atoms with Crippen molar-refractivity contribution in [1.82, 2.24) is 9.97 Å². The van der Waals surface area contributed by atoms with Crippen LogP contribution in [0, 0.1) is 0 Å². The van der Waals surface area contributed by atoms with E-state index in [1.807, 2.05) is 42.6 Å². The van der Waals surface area contributed by atoms with E-state index < -0.39 is 0 Å². The van der Waals surface area contributed by atoms with Crippen LogP contribution in [-0.2, 0) is 0 Å². The van der Waals surface area contributed by atoms with Gasteiger partial charge in [-0.25, -0.2) is 9.97 Å². The van der Waals surface area contributed by atoms with E-state index in [4.69, 9.17) is 0 Å². The monoisotopic (exact) mass is 239 g/mol. The van der Waals surface area contributed by atoms with Crippen molar-refractivity contribution in [3.05, 3.63) is 48.3 Å². The van der Waals surface area contributed by atoms with Gasteiger partial charge in [0.05, 0.1) is 0 Å². The van der Waals surface area contributed by atoms with Crippen LogP contribution in [0.25, 0.3) is 0 Å². The number of hydrogen-bond acceptors (Lipinski definition) is 3. The highest BCUT2D eigenvalue weighted by Gasteiger charge is 2.18. The van der Waals surface area contributed by atoms with Crippen LogP contribution < -0.4 is 5.32 Å². The molecule has 3 heteroatoms. The first-order valence-electron chi connectivity index (χ1n) is 6.57. The van der Waals surface area contributed by atoms with Crippen molar-refractivity contribution in [2.45, 2.75) is 31.6 Å². The minimum atomic E-state index is 0.629. The fraction of sp³-hybridized carbons (Fsp3) is 0.333. The third-order valence-electron chi connectivity index (χ3n) is 3.48. The minimum absolute atomic E-state index is 0.629. The zero-order valence-corrected chi connectivity index (χ0v) is 10.3. The lowest BCUT2D eigenvalue weighted by Gasteiger charge is -2.10. The number of nitrogens with one attached hydrogen (secondary N) is 1. The number of nitrogens with zero attached hydrogens (tertiary/aromatic N) is 2. The van der Waals surface area contributed by atoms with Crippen molar-refractivity contribution < 1.29 is 0 Å². The lowest BCUT2D eigenvalue weighted by atomic mass is 10.0. The quantitative estimate of drug-likeness (QED) is 0.883. The maximum Gasteiger partial charge on any atom is 0.227 e. The maximum atomic E-state index is 4.63. The summed E-state index contributed by atoms with van der Waals surface area (Å²) in [4.78, 5) is 8.91. The molecule has 1 aromatic carbocycles. The van der Waals surface area contributed by atoms with Crippen LogP contribution >= 0.6 is 0 Å². The van der Waals surface area contributed by atoms with Gasteiger partial charge in [-0.1, -0.05) is 31.0 Å². The fourth-order valence-electron chi connectivity index (χ4n) is 2.53. The Morgan fingerprint density at radius 1 is 1.00 bits per heavy atom. The summed E-state index contributed by atoms with van der Waals surface area (Å²) in [6, 6.07) is 12.1. The summed E-state index contributed by atoms with van der Waals surface area (Å²) in [5.41, 5.74) is 2.21. The second-order valence-corrected chi connectivity index (χ2v) is 4.78. The highest BCUT2D eigenvalue weighted by molar-refractivity contribution is 5.52. The largest absolute Gasteiger partial charge is 0.324 e. The molecule has 1 aliphatic carbocycles. The standard InChI is InChI=1S/C15H17N3/c1-2-8-13(9-3-1)17-15-16-11-10-14(18-15)12-6-4-5-7-12/h1-3,8-12H,4-7H2,(H,16,17,18). The molecule has 0 bridgehead atoms. The van der Waals surface area contributed by atoms with Crippen molar-refractivity contribution in [2.75, 3.05) is 5.32 Å². The van der Waals surface area contributed by atoms with Gasteiger partial charge in [0.15, 0.2) is 0 Å². The van der Waals surface area contributed by atoms with Gasteiger partial charge in [0.1, 0.15) is 0 Å². The molecule has 18 heavy (non-hydrogen) atoms. The van der Waals surface area contributed by atoms with Crippen LogP contribution in [0.15, 0.2) is 42.6 Å². The number of para-hydroxylation sites is 1. The summed E-state index contributed by atoms with van der Waals surface area (Å²) < 4.78 is 0. The number of benzene rings is 1. The Labute approximate surface area is 107 Å². The Balaban J connectivity index is 1.78. The Morgan fingerprint density at radius 2 is 1.78 bits per heavy atom. The Morgan fingerprint density at radius 3 is 2.56 bits per heavy atom. The van der Waals surface area contributed by atoms with E-state index in [2.05, 4.69) is 15.3 Å². The van der Waals surface area contributed by atoms with E-state index in [1.165, 1.54) is 31.4 Å². The van der Waals surface area contributed by atoms with E-state index in [-0.39, 0.29) is 0 Å². The molecule has 0 unspecified atom stereocenters. The number of aromatic nitrogens is 2. The third-order valence-corrected chi connectivity index (χ3v) is 3.48. The molecule has 0 saturated heterocycles. The van der Waals surface area contributed by atoms with Gasteiger partial charge in [-0.3, -0.25) is 0 Å². The molecule has 2 aromatic rings. The van der Waals surface area contributed by atoms with Crippen LogP contribution in [0.5, 0.6) is 0 Å². The van der Waals surface area contributed by atoms with Gasteiger partial charge in [0.2, 0.25) is 5.95 Å². The molecule has 1 N–H and O–H groups in total. The molecular weight excluding hydrogens is 222 g/mol. The molecule has 1 aliphatic rings. The van der Waals surface area contributed by atoms with Crippen molar-refractivity contribution in [3.8, 4) is 0 Å². The van der Waals surface area contributed by atoms with Gasteiger partial charge in [-0.05, 0) is 31.0 Å². The predicted molar refractivity (Wildman–Crippen MR) is 73.0 cm³/mol. The molecule has 1 fully saturated rings. The first-order valence-corrected chi connectivity index (χ1v) is 6.57. The van der Waals surface area contributed by atoms with E-state index in [0.717, 1.165) is 5.69 Å². The summed E-state index contributed by atoms with van der Waals surface area (Å²) in [5.74, 6) is 1.33. The van der Waals surface area contributed by atoms with Gasteiger partial charge in [-0.2, -0.15) is 0 Å². The van der Waals surface area contributed by atoms with Gasteiger partial charge in [-0.15, -0.1) is 0 Å². The highest BCUT2D eigenvalue weighted by Crippen LogP contribution is 2.33. The molecular formula is C15H17N3. The summed E-state index contributed by atoms with van der Waals surface area (Å²) in [5, 5.41) is 3.25. The van der Waals surface area contributed by atoms with Crippen LogP contribution in [-0.4, -0.2) is 9.97 Å². The number of rotatable bonds is 3. The van der Waals surface area contributed by atoms with Gasteiger partial charge in [0, 0.05) is 23.5 Å². The molecule has 0 spiro atoms. The van der Waals surface area contributed by atoms with Crippen LogP contribution in [0.2, 0.25) is 0 Å². The zero-order valence-electron chi connectivity index (χ0n) is 10.3. The van der Waals surface area contributed by atoms with Gasteiger partial charge >= 0.3 is 0 Å². The SMILES string of the molecule is c1ccc(Nc2nccc(C3CCCC3)n2)cc1. The summed E-state index contributed by atoms with van der Waals surface area (Å²) in [6.07, 6.45) is 7.04. The molecule has 1 heterocycles. The van der Waals surface area contributed by atoms with E-state index in [1.54, 1.807) is 0 Å². The smallest absolute Gasteiger partial charge is 0.227 e. The molecule has 0 atom stereocenters. The molecule has 92 valence electrons. The molecule has 1 saturated carbocycles. The molecule has 1 aromatic heterocycles. The second-order valence-electron chi connectivity index (χ2n) is 4.78. The minimum Gasteiger partial charge on any atom is -0.324 e. The van der Waals surface area contributed by atoms with E-state index >= 15 is 0 Å². The van der Waals surface area contributed by atoms with Crippen LogP contribution in [0.4, 0.5) is 11.6 Å². The lowest BCUT2D eigenvalue weighted by molar-refractivity contribution is 0.695. The first-order chi connectivity index (χ1) is 8.92. The molecule has 0 amide bonds. The van der Waals surface area contributed by atoms with Crippen molar-refractivity contribution >= 4 is 11.6 Å². The summed E-state index contributed by atoms with van der Waals surface area (Å²) in [6.45, 7) is 0.